The summed E-state index contributed by atoms with van der Waals surface area (Å²) < 4.78 is 0. The van der Waals surface area contributed by atoms with Crippen LogP contribution in [0.5, 0.6) is 0 Å². The van der Waals surface area contributed by atoms with Gasteiger partial charge in [-0.2, -0.15) is 0 Å². The van der Waals surface area contributed by atoms with Crippen LogP contribution < -0.4 is 0 Å². The molecule has 3 aromatic carbocycles. The van der Waals surface area contributed by atoms with Crippen LogP contribution in [0.2, 0.25) is 0 Å². The average molecular weight is 312 g/mol. The molecule has 0 saturated heterocycles. The molecule has 118 valence electrons. The van der Waals surface area contributed by atoms with E-state index < -0.39 is 0 Å². The first-order valence-corrected chi connectivity index (χ1v) is 8.28. The Hall–Kier alpha value is -2.74. The Kier molecular flexibility index (Phi) is 3.34. The van der Waals surface area contributed by atoms with Crippen molar-refractivity contribution in [2.75, 3.05) is 0 Å². The van der Waals surface area contributed by atoms with Gasteiger partial charge in [0.05, 0.1) is 5.52 Å². The fourth-order valence-electron chi connectivity index (χ4n) is 3.02. The molecule has 0 aliphatic heterocycles. The molecule has 24 heavy (non-hydrogen) atoms. The first-order chi connectivity index (χ1) is 11.5. The lowest BCUT2D eigenvalue weighted by molar-refractivity contribution is 0.590. The Bertz CT molecular complexity index is 1030. The van der Waals surface area contributed by atoms with Crippen LogP contribution in [0.15, 0.2) is 66.9 Å². The summed E-state index contributed by atoms with van der Waals surface area (Å²) in [5.41, 5.74) is 3.53. The molecule has 0 fully saturated rings. The normalized spacial score (nSPS) is 12.0. The monoisotopic (exact) mass is 312 g/mol. The standard InChI is InChI=1S/C22H20N2/c1-22(2,3)18-12-10-16(11-13-18)21-23-14-17-9-8-15-6-4-5-7-19(15)20(17)24-21/h4-14H,1-3H3. The average Bonchev–Trinajstić information content (AvgIpc) is 2.60. The van der Waals surface area contributed by atoms with Crippen molar-refractivity contribution in [3.8, 4) is 11.4 Å². The molecular weight excluding hydrogens is 292 g/mol. The van der Waals surface area contributed by atoms with Gasteiger partial charge in [0, 0.05) is 22.5 Å². The first-order valence-electron chi connectivity index (χ1n) is 8.28. The summed E-state index contributed by atoms with van der Waals surface area (Å²) in [4.78, 5) is 9.42. The van der Waals surface area contributed by atoms with Crippen LogP contribution in [0, 0.1) is 0 Å². The van der Waals surface area contributed by atoms with Crippen LogP contribution in [0.1, 0.15) is 26.3 Å². The van der Waals surface area contributed by atoms with Crippen molar-refractivity contribution in [3.63, 3.8) is 0 Å². The second kappa shape index (κ2) is 5.41. The summed E-state index contributed by atoms with van der Waals surface area (Å²) in [5, 5.41) is 3.45. The summed E-state index contributed by atoms with van der Waals surface area (Å²) in [6, 6.07) is 21.1. The molecule has 0 N–H and O–H groups in total. The Labute approximate surface area is 142 Å². The van der Waals surface area contributed by atoms with E-state index in [1.165, 1.54) is 16.3 Å². The van der Waals surface area contributed by atoms with Crippen molar-refractivity contribution >= 4 is 21.7 Å². The van der Waals surface area contributed by atoms with Gasteiger partial charge >= 0.3 is 0 Å². The molecule has 1 heterocycles. The number of hydrogen-bond donors (Lipinski definition) is 0. The van der Waals surface area contributed by atoms with Crippen LogP contribution in [-0.2, 0) is 5.41 Å². The second-order valence-electron chi connectivity index (χ2n) is 7.25. The van der Waals surface area contributed by atoms with Gasteiger partial charge in [0.15, 0.2) is 5.82 Å². The van der Waals surface area contributed by atoms with Gasteiger partial charge < -0.3 is 0 Å². The molecule has 4 aromatic rings. The van der Waals surface area contributed by atoms with Crippen LogP contribution in [-0.4, -0.2) is 9.97 Å². The largest absolute Gasteiger partial charge is 0.236 e. The van der Waals surface area contributed by atoms with Gasteiger partial charge in [-0.1, -0.05) is 81.4 Å². The number of aromatic nitrogens is 2. The summed E-state index contributed by atoms with van der Waals surface area (Å²) in [6.07, 6.45) is 1.92. The Morgan fingerprint density at radius 3 is 2.21 bits per heavy atom. The maximum absolute atomic E-state index is 4.85. The van der Waals surface area contributed by atoms with E-state index in [9.17, 15) is 0 Å². The molecule has 0 aliphatic carbocycles. The smallest absolute Gasteiger partial charge is 0.159 e. The minimum atomic E-state index is 0.152. The van der Waals surface area contributed by atoms with Crippen molar-refractivity contribution in [3.05, 3.63) is 72.4 Å². The van der Waals surface area contributed by atoms with Gasteiger partial charge in [-0.05, 0) is 16.4 Å². The molecule has 0 amide bonds. The number of nitrogens with zero attached hydrogens (tertiary/aromatic N) is 2. The highest BCUT2D eigenvalue weighted by molar-refractivity contribution is 6.05. The van der Waals surface area contributed by atoms with E-state index in [0.29, 0.717) is 0 Å². The highest BCUT2D eigenvalue weighted by Gasteiger charge is 2.13. The van der Waals surface area contributed by atoms with Crippen molar-refractivity contribution in [1.82, 2.24) is 9.97 Å². The maximum atomic E-state index is 4.85. The van der Waals surface area contributed by atoms with Crippen molar-refractivity contribution < 1.29 is 0 Å². The predicted octanol–water partition coefficient (Wildman–Crippen LogP) is 5.75. The maximum Gasteiger partial charge on any atom is 0.159 e. The van der Waals surface area contributed by atoms with Crippen molar-refractivity contribution in [1.29, 1.82) is 0 Å². The van der Waals surface area contributed by atoms with E-state index in [-0.39, 0.29) is 5.41 Å². The van der Waals surface area contributed by atoms with E-state index >= 15 is 0 Å². The third kappa shape index (κ3) is 2.54. The number of benzene rings is 3. The molecule has 0 atom stereocenters. The van der Waals surface area contributed by atoms with Crippen molar-refractivity contribution in [2.45, 2.75) is 26.2 Å². The van der Waals surface area contributed by atoms with E-state index in [4.69, 9.17) is 4.98 Å². The molecule has 2 nitrogen and oxygen atoms in total. The fourth-order valence-corrected chi connectivity index (χ4v) is 3.02. The van der Waals surface area contributed by atoms with Gasteiger partial charge in [-0.3, -0.25) is 0 Å². The zero-order chi connectivity index (χ0) is 16.7. The van der Waals surface area contributed by atoms with E-state index in [0.717, 1.165) is 22.3 Å². The second-order valence-corrected chi connectivity index (χ2v) is 7.25. The summed E-state index contributed by atoms with van der Waals surface area (Å²) in [7, 11) is 0. The van der Waals surface area contributed by atoms with E-state index in [2.05, 4.69) is 86.4 Å². The van der Waals surface area contributed by atoms with Crippen LogP contribution in [0.3, 0.4) is 0 Å². The minimum absolute atomic E-state index is 0.152. The predicted molar refractivity (Wildman–Crippen MR) is 101 cm³/mol. The quantitative estimate of drug-likeness (QED) is 0.418. The molecule has 0 bridgehead atoms. The first kappa shape index (κ1) is 14.8. The molecule has 2 heteroatoms. The third-order valence-electron chi connectivity index (χ3n) is 4.48. The highest BCUT2D eigenvalue weighted by atomic mass is 14.9. The molecule has 4 rings (SSSR count). The van der Waals surface area contributed by atoms with Crippen LogP contribution in [0.4, 0.5) is 0 Å². The molecular formula is C22H20N2. The van der Waals surface area contributed by atoms with Gasteiger partial charge in [0.1, 0.15) is 0 Å². The summed E-state index contributed by atoms with van der Waals surface area (Å²) in [6.45, 7) is 6.67. The van der Waals surface area contributed by atoms with Crippen molar-refractivity contribution in [2.24, 2.45) is 0 Å². The molecule has 1 aromatic heterocycles. The summed E-state index contributed by atoms with van der Waals surface area (Å²) in [5.74, 6) is 0.777. The molecule has 0 unspecified atom stereocenters. The lowest BCUT2D eigenvalue weighted by atomic mass is 9.87. The molecule has 0 saturated carbocycles. The Morgan fingerprint density at radius 1 is 0.750 bits per heavy atom. The minimum Gasteiger partial charge on any atom is -0.236 e. The van der Waals surface area contributed by atoms with Crippen LogP contribution in [0.25, 0.3) is 33.1 Å². The lowest BCUT2D eigenvalue weighted by Gasteiger charge is -2.19. The number of rotatable bonds is 1. The molecule has 0 aliphatic rings. The Balaban J connectivity index is 1.86. The number of fused-ring (bicyclic) bond motifs is 3. The zero-order valence-corrected chi connectivity index (χ0v) is 14.2. The SMILES string of the molecule is CC(C)(C)c1ccc(-c2ncc3ccc4ccccc4c3n2)cc1. The fraction of sp³-hybridized carbons (Fsp3) is 0.182. The Morgan fingerprint density at radius 2 is 1.46 bits per heavy atom. The topological polar surface area (TPSA) is 25.8 Å². The molecule has 0 radical (unpaired) electrons. The van der Waals surface area contributed by atoms with Gasteiger partial charge in [0.25, 0.3) is 0 Å². The van der Waals surface area contributed by atoms with Crippen LogP contribution >= 0.6 is 0 Å². The zero-order valence-electron chi connectivity index (χ0n) is 14.2. The highest BCUT2D eigenvalue weighted by Crippen LogP contribution is 2.27. The molecule has 0 spiro atoms. The van der Waals surface area contributed by atoms with Gasteiger partial charge in [-0.25, -0.2) is 9.97 Å². The third-order valence-corrected chi connectivity index (χ3v) is 4.48. The van der Waals surface area contributed by atoms with E-state index in [1.54, 1.807) is 0 Å². The van der Waals surface area contributed by atoms with Gasteiger partial charge in [0.2, 0.25) is 0 Å². The summed E-state index contributed by atoms with van der Waals surface area (Å²) >= 11 is 0. The number of hydrogen-bond acceptors (Lipinski definition) is 2. The van der Waals surface area contributed by atoms with Gasteiger partial charge in [-0.15, -0.1) is 0 Å². The van der Waals surface area contributed by atoms with E-state index in [1.807, 2.05) is 6.20 Å². The lowest BCUT2D eigenvalue weighted by Crippen LogP contribution is -2.10.